The molecule has 0 aliphatic heterocycles. The van der Waals surface area contributed by atoms with Crippen molar-refractivity contribution in [2.75, 3.05) is 11.4 Å². The third kappa shape index (κ3) is 4.34. The van der Waals surface area contributed by atoms with Gasteiger partial charge in [0.1, 0.15) is 6.26 Å². The summed E-state index contributed by atoms with van der Waals surface area (Å²) in [5.41, 5.74) is 1.21. The minimum absolute atomic E-state index is 0.0543. The maximum Gasteiger partial charge on any atom is 0.435 e. The number of hydrogen-bond acceptors (Lipinski definition) is 7. The molecular weight excluding hydrogens is 523 g/mol. The van der Waals surface area contributed by atoms with Crippen LogP contribution >= 0.6 is 0 Å². The van der Waals surface area contributed by atoms with Crippen molar-refractivity contribution >= 4 is 15.9 Å². The number of aryl methyl sites for hydroxylation is 1. The van der Waals surface area contributed by atoms with Gasteiger partial charge in [-0.15, -0.1) is 0 Å². The monoisotopic (exact) mass is 543 g/mol. The van der Waals surface area contributed by atoms with Gasteiger partial charge in [0, 0.05) is 35.5 Å². The van der Waals surface area contributed by atoms with E-state index >= 15 is 0 Å². The number of nitrogens with zero attached hydrogens (tertiary/aromatic N) is 5. The molecule has 0 bridgehead atoms. The van der Waals surface area contributed by atoms with Gasteiger partial charge in [-0.1, -0.05) is 29.4 Å². The van der Waals surface area contributed by atoms with E-state index in [9.17, 15) is 21.6 Å². The largest absolute Gasteiger partial charge is 0.445 e. The number of hydrogen-bond donors (Lipinski definition) is 0. The van der Waals surface area contributed by atoms with E-state index in [1.165, 1.54) is 31.6 Å². The first-order valence-corrected chi connectivity index (χ1v) is 12.6. The van der Waals surface area contributed by atoms with Gasteiger partial charge in [0.15, 0.2) is 5.69 Å². The molecule has 9 nitrogen and oxygen atoms in total. The van der Waals surface area contributed by atoms with Crippen LogP contribution < -0.4 is 4.31 Å². The van der Waals surface area contributed by atoms with Crippen molar-refractivity contribution in [1.82, 2.24) is 19.9 Å². The molecule has 2 aromatic carbocycles. The summed E-state index contributed by atoms with van der Waals surface area (Å²) in [5, 5.41) is 7.54. The number of rotatable bonds is 6. The lowest BCUT2D eigenvalue weighted by atomic mass is 10.0. The second kappa shape index (κ2) is 9.17. The SMILES string of the molecule is Cc1noc(N(C)S(=O)(=O)c2ccccc2-c2ccc(-c3ncco3)cc2-n2ccc(C(F)(F)F)n2)c1C. The summed E-state index contributed by atoms with van der Waals surface area (Å²) in [7, 11) is -2.85. The van der Waals surface area contributed by atoms with Crippen LogP contribution in [0.2, 0.25) is 0 Å². The number of oxazole rings is 1. The molecule has 0 unspecified atom stereocenters. The number of halogens is 3. The Hall–Kier alpha value is -4.39. The predicted octanol–water partition coefficient (Wildman–Crippen LogP) is 5.64. The maximum absolute atomic E-state index is 13.8. The number of aromatic nitrogens is 4. The summed E-state index contributed by atoms with van der Waals surface area (Å²) < 4.78 is 80.2. The third-order valence-corrected chi connectivity index (χ3v) is 7.84. The Morgan fingerprint density at radius 1 is 1.03 bits per heavy atom. The molecule has 3 aromatic heterocycles. The van der Waals surface area contributed by atoms with E-state index in [2.05, 4.69) is 15.2 Å². The van der Waals surface area contributed by atoms with Gasteiger partial charge in [-0.2, -0.15) is 18.3 Å². The second-order valence-corrected chi connectivity index (χ2v) is 10.3. The third-order valence-electron chi connectivity index (χ3n) is 6.04. The Balaban J connectivity index is 1.70. The van der Waals surface area contributed by atoms with Crippen molar-refractivity contribution in [2.24, 2.45) is 0 Å². The van der Waals surface area contributed by atoms with Crippen molar-refractivity contribution in [1.29, 1.82) is 0 Å². The normalized spacial score (nSPS) is 12.2. The topological polar surface area (TPSA) is 107 Å². The number of benzene rings is 2. The zero-order valence-corrected chi connectivity index (χ0v) is 21.1. The highest BCUT2D eigenvalue weighted by molar-refractivity contribution is 7.93. The van der Waals surface area contributed by atoms with E-state index in [0.717, 1.165) is 21.3 Å². The highest BCUT2D eigenvalue weighted by Crippen LogP contribution is 2.37. The first-order chi connectivity index (χ1) is 18.0. The van der Waals surface area contributed by atoms with Gasteiger partial charge in [-0.05, 0) is 38.1 Å². The highest BCUT2D eigenvalue weighted by Gasteiger charge is 2.34. The molecule has 0 saturated heterocycles. The standard InChI is InChI=1S/C25H20F3N5O4S/c1-15-16(2)31-37-24(15)32(3)38(34,35)21-7-5-4-6-19(21)18-9-8-17(23-29-11-13-36-23)14-20(18)33-12-10-22(30-33)25(26,27)28/h4-14H,1-3H3. The van der Waals surface area contributed by atoms with Gasteiger partial charge >= 0.3 is 6.18 Å². The van der Waals surface area contributed by atoms with Crippen molar-refractivity contribution in [2.45, 2.75) is 24.9 Å². The molecule has 3 heterocycles. The lowest BCUT2D eigenvalue weighted by Gasteiger charge is -2.20. The molecule has 0 N–H and O–H groups in total. The fourth-order valence-electron chi connectivity index (χ4n) is 3.93. The molecule has 0 spiro atoms. The van der Waals surface area contributed by atoms with Crippen LogP contribution in [-0.2, 0) is 16.2 Å². The van der Waals surface area contributed by atoms with Crippen LogP contribution in [0.25, 0.3) is 28.3 Å². The number of sulfonamides is 1. The first-order valence-electron chi connectivity index (χ1n) is 11.2. The first kappa shape index (κ1) is 25.3. The predicted molar refractivity (Wildman–Crippen MR) is 131 cm³/mol. The van der Waals surface area contributed by atoms with E-state index in [4.69, 9.17) is 8.94 Å². The summed E-state index contributed by atoms with van der Waals surface area (Å²) in [6, 6.07) is 11.8. The number of anilines is 1. The van der Waals surface area contributed by atoms with Crippen LogP contribution in [0.1, 0.15) is 17.0 Å². The van der Waals surface area contributed by atoms with Crippen molar-refractivity contribution in [3.63, 3.8) is 0 Å². The molecule has 5 rings (SSSR count). The quantitative estimate of drug-likeness (QED) is 0.273. The zero-order valence-electron chi connectivity index (χ0n) is 20.3. The van der Waals surface area contributed by atoms with E-state index in [1.54, 1.807) is 44.2 Å². The van der Waals surface area contributed by atoms with Crippen LogP contribution in [0.5, 0.6) is 0 Å². The molecule has 0 amide bonds. The van der Waals surface area contributed by atoms with E-state index < -0.39 is 21.9 Å². The molecule has 5 aromatic rings. The Bertz CT molecular complexity index is 1720. The van der Waals surface area contributed by atoms with Gasteiger partial charge in [-0.25, -0.2) is 22.4 Å². The molecule has 13 heteroatoms. The maximum atomic E-state index is 13.8. The average molecular weight is 544 g/mol. The Morgan fingerprint density at radius 3 is 2.42 bits per heavy atom. The Kier molecular flexibility index (Phi) is 6.10. The Labute approximate surface area is 215 Å². The lowest BCUT2D eigenvalue weighted by Crippen LogP contribution is -2.27. The van der Waals surface area contributed by atoms with E-state index in [1.807, 2.05) is 0 Å². The van der Waals surface area contributed by atoms with Gasteiger partial charge in [0.2, 0.25) is 11.8 Å². The van der Waals surface area contributed by atoms with E-state index in [0.29, 0.717) is 22.4 Å². The zero-order chi connectivity index (χ0) is 27.2. The van der Waals surface area contributed by atoms with Crippen LogP contribution in [0.3, 0.4) is 0 Å². The number of alkyl halides is 3. The van der Waals surface area contributed by atoms with Crippen molar-refractivity contribution in [3.05, 3.63) is 84.1 Å². The molecule has 0 saturated carbocycles. The van der Waals surface area contributed by atoms with Crippen LogP contribution in [-0.4, -0.2) is 35.4 Å². The molecule has 0 radical (unpaired) electrons. The minimum Gasteiger partial charge on any atom is -0.445 e. The van der Waals surface area contributed by atoms with Crippen molar-refractivity contribution < 1.29 is 30.5 Å². The molecular formula is C25H20F3N5O4S. The summed E-state index contributed by atoms with van der Waals surface area (Å²) >= 11 is 0. The molecule has 196 valence electrons. The van der Waals surface area contributed by atoms with Gasteiger partial charge in [0.05, 0.1) is 22.5 Å². The smallest absolute Gasteiger partial charge is 0.435 e. The average Bonchev–Trinajstić information content (AvgIpc) is 3.66. The second-order valence-electron chi connectivity index (χ2n) is 8.38. The fourth-order valence-corrected chi connectivity index (χ4v) is 5.32. The van der Waals surface area contributed by atoms with Gasteiger partial charge < -0.3 is 8.94 Å². The minimum atomic E-state index is -4.66. The summed E-state index contributed by atoms with van der Waals surface area (Å²) in [6.07, 6.45) is -0.708. The summed E-state index contributed by atoms with van der Waals surface area (Å²) in [5.74, 6) is 0.288. The molecule has 0 aliphatic rings. The van der Waals surface area contributed by atoms with Crippen molar-refractivity contribution in [3.8, 4) is 28.3 Å². The van der Waals surface area contributed by atoms with Crippen LogP contribution in [0, 0.1) is 13.8 Å². The molecule has 0 atom stereocenters. The molecule has 38 heavy (non-hydrogen) atoms. The van der Waals surface area contributed by atoms with Crippen LogP contribution in [0.15, 0.2) is 81.0 Å². The fraction of sp³-hybridized carbons (Fsp3) is 0.160. The summed E-state index contributed by atoms with van der Waals surface area (Å²) in [6.45, 7) is 3.38. The van der Waals surface area contributed by atoms with Gasteiger partial charge in [0.25, 0.3) is 10.0 Å². The summed E-state index contributed by atoms with van der Waals surface area (Å²) in [4.78, 5) is 4.00. The molecule has 0 fully saturated rings. The Morgan fingerprint density at radius 2 is 1.79 bits per heavy atom. The lowest BCUT2D eigenvalue weighted by molar-refractivity contribution is -0.141. The molecule has 0 aliphatic carbocycles. The van der Waals surface area contributed by atoms with Gasteiger partial charge in [-0.3, -0.25) is 0 Å². The van der Waals surface area contributed by atoms with Crippen LogP contribution in [0.4, 0.5) is 19.1 Å². The van der Waals surface area contributed by atoms with E-state index in [-0.39, 0.29) is 27.9 Å². The highest BCUT2D eigenvalue weighted by atomic mass is 32.2.